The topological polar surface area (TPSA) is 74.2 Å². The average Bonchev–Trinajstić information content (AvgIpc) is 3.10. The highest BCUT2D eigenvalue weighted by molar-refractivity contribution is 7.47. The summed E-state index contributed by atoms with van der Waals surface area (Å²) in [5, 5.41) is 0. The maximum absolute atomic E-state index is 12.5. The van der Waals surface area contributed by atoms with Crippen molar-refractivity contribution in [2.45, 2.75) is 200 Å². The summed E-state index contributed by atoms with van der Waals surface area (Å²) in [6.07, 6.45) is 48.0. The first-order chi connectivity index (χ1) is 25.2. The number of likely N-dealkylation sites (N-methyl/N-ethyl adjacent to an activating group) is 1. The number of unbranched alkanes of at least 4 members (excludes halogenated alkanes) is 25. The first-order valence-electron chi connectivity index (χ1n) is 21.8. The van der Waals surface area contributed by atoms with Crippen molar-refractivity contribution in [2.24, 2.45) is 0 Å². The lowest BCUT2D eigenvalue weighted by atomic mass is 10.0. The van der Waals surface area contributed by atoms with Crippen molar-refractivity contribution in [1.29, 1.82) is 0 Å². The zero-order chi connectivity index (χ0) is 38.3. The third kappa shape index (κ3) is 41.6. The van der Waals surface area contributed by atoms with Crippen LogP contribution in [-0.4, -0.2) is 63.0 Å². The van der Waals surface area contributed by atoms with E-state index in [1.54, 1.807) is 12.5 Å². The minimum atomic E-state index is -4.18. The van der Waals surface area contributed by atoms with Crippen LogP contribution in [0.25, 0.3) is 0 Å². The quantitative estimate of drug-likeness (QED) is 0.0220. The molecule has 1 N–H and O–H groups in total. The molecule has 2 atom stereocenters. The number of phosphoric acid groups is 1. The van der Waals surface area contributed by atoms with Crippen LogP contribution in [0.2, 0.25) is 0 Å². The molecule has 0 radical (unpaired) electrons. The molecule has 0 aromatic rings. The van der Waals surface area contributed by atoms with Gasteiger partial charge in [0.15, 0.2) is 6.10 Å². The van der Waals surface area contributed by atoms with E-state index in [2.05, 4.69) is 32.1 Å². The van der Waals surface area contributed by atoms with Gasteiger partial charge in [0.1, 0.15) is 19.8 Å². The van der Waals surface area contributed by atoms with Crippen molar-refractivity contribution in [3.63, 3.8) is 0 Å². The van der Waals surface area contributed by atoms with Gasteiger partial charge in [0.25, 0.3) is 0 Å². The molecule has 0 fully saturated rings. The molecule has 0 heterocycles. The Labute approximate surface area is 323 Å². The summed E-state index contributed by atoms with van der Waals surface area (Å²) in [6.45, 7) is 5.41. The van der Waals surface area contributed by atoms with E-state index in [-0.39, 0.29) is 19.8 Å². The molecule has 8 heteroatoms. The van der Waals surface area contributed by atoms with Crippen LogP contribution in [0.3, 0.4) is 0 Å². The van der Waals surface area contributed by atoms with Gasteiger partial charge in [-0.2, -0.15) is 0 Å². The number of phosphoric ester groups is 1. The van der Waals surface area contributed by atoms with E-state index in [9.17, 15) is 9.46 Å². The lowest BCUT2D eigenvalue weighted by Gasteiger charge is -2.24. The lowest BCUT2D eigenvalue weighted by molar-refractivity contribution is -0.870. The summed E-state index contributed by atoms with van der Waals surface area (Å²) < 4.78 is 35.2. The van der Waals surface area contributed by atoms with E-state index in [1.807, 2.05) is 27.2 Å². The van der Waals surface area contributed by atoms with Crippen molar-refractivity contribution in [2.75, 3.05) is 47.5 Å². The monoisotopic (exact) mass is 757 g/mol. The molecular weight excluding hydrogens is 669 g/mol. The number of hydrogen-bond acceptors (Lipinski definition) is 5. The van der Waals surface area contributed by atoms with Gasteiger partial charge in [0.05, 0.1) is 40.3 Å². The van der Waals surface area contributed by atoms with Crippen LogP contribution in [-0.2, 0) is 23.1 Å². The number of hydrogen-bond donors (Lipinski definition) is 1. The Morgan fingerprint density at radius 1 is 0.519 bits per heavy atom. The van der Waals surface area contributed by atoms with Crippen molar-refractivity contribution < 1.29 is 32.5 Å². The van der Waals surface area contributed by atoms with Gasteiger partial charge < -0.3 is 18.9 Å². The summed E-state index contributed by atoms with van der Waals surface area (Å²) in [7, 11) is 1.83. The van der Waals surface area contributed by atoms with Crippen molar-refractivity contribution in [3.05, 3.63) is 36.8 Å². The van der Waals surface area contributed by atoms with E-state index < -0.39 is 13.9 Å². The van der Waals surface area contributed by atoms with Crippen LogP contribution in [0.15, 0.2) is 36.8 Å². The Morgan fingerprint density at radius 2 is 0.904 bits per heavy atom. The van der Waals surface area contributed by atoms with Crippen LogP contribution in [0.1, 0.15) is 194 Å². The van der Waals surface area contributed by atoms with Gasteiger partial charge >= 0.3 is 7.82 Å². The summed E-state index contributed by atoms with van der Waals surface area (Å²) >= 11 is 0. The zero-order valence-electron chi connectivity index (χ0n) is 35.1. The molecule has 0 bridgehead atoms. The van der Waals surface area contributed by atoms with E-state index in [1.165, 1.54) is 154 Å². The minimum Gasteiger partial charge on any atom is -0.498 e. The van der Waals surface area contributed by atoms with E-state index in [0.717, 1.165) is 25.7 Å². The van der Waals surface area contributed by atoms with Crippen molar-refractivity contribution in [1.82, 2.24) is 0 Å². The molecule has 7 nitrogen and oxygen atoms in total. The highest BCUT2D eigenvalue weighted by Crippen LogP contribution is 2.43. The smallest absolute Gasteiger partial charge is 0.472 e. The van der Waals surface area contributed by atoms with Gasteiger partial charge in [0.2, 0.25) is 0 Å². The number of nitrogens with zero attached hydrogens (tertiary/aromatic N) is 1. The zero-order valence-corrected chi connectivity index (χ0v) is 35.9. The number of quaternary nitrogens is 1. The van der Waals surface area contributed by atoms with E-state index >= 15 is 0 Å². The van der Waals surface area contributed by atoms with Crippen LogP contribution < -0.4 is 0 Å². The Balaban J connectivity index is 4.21. The first kappa shape index (κ1) is 50.9. The number of ether oxygens (including phenoxy) is 2. The summed E-state index contributed by atoms with van der Waals surface area (Å²) in [4.78, 5) is 10.2. The fraction of sp³-hybridized carbons (Fsp3) is 0.864. The Bertz CT molecular complexity index is 871. The molecular formula is C44H87NO6P+. The van der Waals surface area contributed by atoms with Gasteiger partial charge in [-0.1, -0.05) is 154 Å². The van der Waals surface area contributed by atoms with Gasteiger partial charge in [-0.15, -0.1) is 0 Å². The molecule has 0 aliphatic carbocycles. The summed E-state index contributed by atoms with van der Waals surface area (Å²) in [5.41, 5.74) is 0. The molecule has 0 saturated heterocycles. The molecule has 52 heavy (non-hydrogen) atoms. The molecule has 0 amide bonds. The Kier molecular flexibility index (Phi) is 37.4. The second kappa shape index (κ2) is 38.2. The molecule has 0 spiro atoms. The van der Waals surface area contributed by atoms with Gasteiger partial charge in [0, 0.05) is 0 Å². The Hall–Kier alpha value is -1.11. The van der Waals surface area contributed by atoms with Crippen molar-refractivity contribution >= 4 is 7.82 Å². The third-order valence-electron chi connectivity index (χ3n) is 9.39. The van der Waals surface area contributed by atoms with Crippen LogP contribution in [0.4, 0.5) is 0 Å². The highest BCUT2D eigenvalue weighted by Gasteiger charge is 2.25. The summed E-state index contributed by atoms with van der Waals surface area (Å²) in [5.74, 6) is 0. The first-order valence-corrected chi connectivity index (χ1v) is 23.3. The molecule has 0 rings (SSSR count). The predicted molar refractivity (Wildman–Crippen MR) is 223 cm³/mol. The summed E-state index contributed by atoms with van der Waals surface area (Å²) in [6, 6.07) is 0. The number of rotatable bonds is 41. The van der Waals surface area contributed by atoms with Crippen LogP contribution >= 0.6 is 7.82 Å². The molecule has 0 aliphatic rings. The van der Waals surface area contributed by atoms with Gasteiger partial charge in [-0.3, -0.25) is 9.05 Å². The molecule has 308 valence electrons. The highest BCUT2D eigenvalue weighted by atomic mass is 31.2. The second-order valence-electron chi connectivity index (χ2n) is 15.9. The van der Waals surface area contributed by atoms with Crippen molar-refractivity contribution in [3.8, 4) is 0 Å². The lowest BCUT2D eigenvalue weighted by Crippen LogP contribution is -2.37. The fourth-order valence-electron chi connectivity index (χ4n) is 5.92. The Morgan fingerprint density at radius 3 is 1.35 bits per heavy atom. The normalized spacial score (nSPS) is 14.2. The second-order valence-corrected chi connectivity index (χ2v) is 17.3. The van der Waals surface area contributed by atoms with E-state index in [0.29, 0.717) is 11.0 Å². The SMILES string of the molecule is CCCCCC/C=C\CCCCCCCC/C=C\OC[C@H](COP(=O)(O)OCC[N+](C)(C)C)O/C=C\CCCCCCCCCCCCCCCC. The number of allylic oxidation sites excluding steroid dienone is 4. The molecule has 0 saturated carbocycles. The largest absolute Gasteiger partial charge is 0.498 e. The fourth-order valence-corrected chi connectivity index (χ4v) is 6.66. The van der Waals surface area contributed by atoms with Gasteiger partial charge in [-0.05, 0) is 63.5 Å². The molecule has 0 aliphatic heterocycles. The molecule has 0 aromatic heterocycles. The molecule has 0 aromatic carbocycles. The average molecular weight is 757 g/mol. The standard InChI is InChI=1S/C44H86NO6P/c1-6-8-10-12-14-16-18-20-22-24-26-28-30-32-34-36-39-48-42-44(43-51-52(46,47)50-41-38-45(3,4)5)49-40-37-35-33-31-29-27-25-23-21-19-17-15-13-11-9-7-2/h16,18,36-37,39-40,44H,6-15,17,19-35,38,41-43H2,1-5H3/p+1/b18-16-,39-36-,40-37-/t44-/m1/s1. The van der Waals surface area contributed by atoms with E-state index in [4.69, 9.17) is 18.5 Å². The third-order valence-corrected chi connectivity index (χ3v) is 10.4. The van der Waals surface area contributed by atoms with Gasteiger partial charge in [-0.25, -0.2) is 4.57 Å². The predicted octanol–water partition coefficient (Wildman–Crippen LogP) is 13.8. The molecule has 1 unspecified atom stereocenters. The minimum absolute atomic E-state index is 0.0933. The maximum Gasteiger partial charge on any atom is 0.472 e. The van der Waals surface area contributed by atoms with Crippen LogP contribution in [0.5, 0.6) is 0 Å². The maximum atomic E-state index is 12.5. The van der Waals surface area contributed by atoms with Crippen LogP contribution in [0, 0.1) is 0 Å².